The number of rotatable bonds is 6. The monoisotopic (exact) mass is 318 g/mol. The fraction of sp³-hybridized carbons (Fsp3) is 0.438. The first-order valence-corrected chi connectivity index (χ1v) is 8.20. The molecule has 1 saturated carbocycles. The van der Waals surface area contributed by atoms with Crippen LogP contribution >= 0.6 is 11.3 Å². The van der Waals surface area contributed by atoms with E-state index in [1.807, 2.05) is 19.1 Å². The van der Waals surface area contributed by atoms with Crippen LogP contribution in [-0.4, -0.2) is 28.9 Å². The standard InChI is InChI=1S/C16H18N2O3S/c1-9-6-7-18-12-8-14(22-15(9)12)13(19)5-4-11(17)16(20)21-10-2-3-10/h6-8,10-11H,2-5,17H2,1H3/t11-/m1/s1. The van der Waals surface area contributed by atoms with E-state index >= 15 is 0 Å². The number of ether oxygens (including phenoxy) is 1. The first-order valence-electron chi connectivity index (χ1n) is 7.39. The van der Waals surface area contributed by atoms with Crippen molar-refractivity contribution in [2.45, 2.75) is 44.8 Å². The molecule has 2 aromatic heterocycles. The lowest BCUT2D eigenvalue weighted by Gasteiger charge is -2.09. The van der Waals surface area contributed by atoms with Crippen molar-refractivity contribution >= 4 is 33.3 Å². The van der Waals surface area contributed by atoms with Gasteiger partial charge in [0.15, 0.2) is 5.78 Å². The van der Waals surface area contributed by atoms with E-state index < -0.39 is 12.0 Å². The van der Waals surface area contributed by atoms with Crippen molar-refractivity contribution in [3.63, 3.8) is 0 Å². The van der Waals surface area contributed by atoms with Crippen molar-refractivity contribution in [2.75, 3.05) is 0 Å². The van der Waals surface area contributed by atoms with Crippen LogP contribution < -0.4 is 5.73 Å². The second kappa shape index (κ2) is 6.14. The fourth-order valence-corrected chi connectivity index (χ4v) is 3.22. The molecule has 0 saturated heterocycles. The molecule has 2 N–H and O–H groups in total. The van der Waals surface area contributed by atoms with Crippen LogP contribution in [0.3, 0.4) is 0 Å². The van der Waals surface area contributed by atoms with Crippen LogP contribution in [0.2, 0.25) is 0 Å². The lowest BCUT2D eigenvalue weighted by molar-refractivity contribution is -0.146. The summed E-state index contributed by atoms with van der Waals surface area (Å²) >= 11 is 1.44. The number of aromatic nitrogens is 1. The molecule has 1 fully saturated rings. The third kappa shape index (κ3) is 3.34. The Hall–Kier alpha value is -1.79. The van der Waals surface area contributed by atoms with Crippen LogP contribution in [0.5, 0.6) is 0 Å². The van der Waals surface area contributed by atoms with Crippen molar-refractivity contribution < 1.29 is 14.3 Å². The van der Waals surface area contributed by atoms with Crippen LogP contribution in [0.4, 0.5) is 0 Å². The number of Topliss-reactive ketones (excluding diaryl/α,β-unsaturated/α-hetero) is 1. The minimum atomic E-state index is -0.723. The number of pyridine rings is 1. The zero-order chi connectivity index (χ0) is 15.7. The Morgan fingerprint density at radius 1 is 1.50 bits per heavy atom. The predicted molar refractivity (Wildman–Crippen MR) is 85.0 cm³/mol. The molecule has 0 bridgehead atoms. The van der Waals surface area contributed by atoms with E-state index in [0.29, 0.717) is 11.3 Å². The van der Waals surface area contributed by atoms with E-state index in [-0.39, 0.29) is 18.3 Å². The van der Waals surface area contributed by atoms with Gasteiger partial charge in [-0.3, -0.25) is 14.6 Å². The number of nitrogens with zero attached hydrogens (tertiary/aromatic N) is 1. The van der Waals surface area contributed by atoms with E-state index in [4.69, 9.17) is 10.5 Å². The highest BCUT2D eigenvalue weighted by atomic mass is 32.1. The molecule has 0 spiro atoms. The fourth-order valence-electron chi connectivity index (χ4n) is 2.17. The van der Waals surface area contributed by atoms with Crippen LogP contribution in [0.15, 0.2) is 18.3 Å². The van der Waals surface area contributed by atoms with Gasteiger partial charge < -0.3 is 10.5 Å². The molecule has 3 rings (SSSR count). The minimum absolute atomic E-state index is 0.00271. The predicted octanol–water partition coefficient (Wildman–Crippen LogP) is 2.60. The first kappa shape index (κ1) is 15.1. The molecule has 1 atom stereocenters. The van der Waals surface area contributed by atoms with Gasteiger partial charge in [-0.1, -0.05) is 0 Å². The maximum absolute atomic E-state index is 12.3. The number of fused-ring (bicyclic) bond motifs is 1. The summed E-state index contributed by atoms with van der Waals surface area (Å²) in [5.41, 5.74) is 7.73. The van der Waals surface area contributed by atoms with E-state index in [1.165, 1.54) is 11.3 Å². The van der Waals surface area contributed by atoms with E-state index in [1.54, 1.807) is 6.20 Å². The van der Waals surface area contributed by atoms with Crippen molar-refractivity contribution in [2.24, 2.45) is 5.73 Å². The second-order valence-electron chi connectivity index (χ2n) is 5.66. The van der Waals surface area contributed by atoms with Crippen LogP contribution in [-0.2, 0) is 9.53 Å². The number of esters is 1. The quantitative estimate of drug-likeness (QED) is 0.654. The maximum atomic E-state index is 12.3. The summed E-state index contributed by atoms with van der Waals surface area (Å²) < 4.78 is 6.17. The largest absolute Gasteiger partial charge is 0.461 e. The van der Waals surface area contributed by atoms with Gasteiger partial charge in [0.05, 0.1) is 15.1 Å². The third-order valence-corrected chi connectivity index (χ3v) is 4.98. The van der Waals surface area contributed by atoms with Gasteiger partial charge in [0.2, 0.25) is 0 Å². The Morgan fingerprint density at radius 2 is 2.27 bits per heavy atom. The van der Waals surface area contributed by atoms with Gasteiger partial charge in [-0.2, -0.15) is 0 Å². The molecule has 6 heteroatoms. The summed E-state index contributed by atoms with van der Waals surface area (Å²) in [5.74, 6) is -0.402. The van der Waals surface area contributed by atoms with Gasteiger partial charge >= 0.3 is 5.97 Å². The molecule has 0 aromatic carbocycles. The topological polar surface area (TPSA) is 82.3 Å². The van der Waals surface area contributed by atoms with Gasteiger partial charge in [0, 0.05) is 12.6 Å². The molecule has 5 nitrogen and oxygen atoms in total. The lowest BCUT2D eigenvalue weighted by atomic mass is 10.1. The van der Waals surface area contributed by atoms with Crippen molar-refractivity contribution in [3.8, 4) is 0 Å². The Labute approximate surface area is 132 Å². The van der Waals surface area contributed by atoms with Crippen molar-refractivity contribution in [1.82, 2.24) is 4.98 Å². The number of hydrogen-bond donors (Lipinski definition) is 1. The number of nitrogens with two attached hydrogens (primary N) is 1. The van der Waals surface area contributed by atoms with Gasteiger partial charge in [0.1, 0.15) is 12.1 Å². The lowest BCUT2D eigenvalue weighted by Crippen LogP contribution is -2.33. The van der Waals surface area contributed by atoms with Crippen LogP contribution in [0, 0.1) is 6.92 Å². The van der Waals surface area contributed by atoms with Crippen LogP contribution in [0.1, 0.15) is 40.9 Å². The smallest absolute Gasteiger partial charge is 0.323 e. The Balaban J connectivity index is 1.60. The third-order valence-electron chi connectivity index (χ3n) is 3.68. The molecule has 1 aliphatic rings. The van der Waals surface area contributed by atoms with Crippen molar-refractivity contribution in [3.05, 3.63) is 28.8 Å². The average molecular weight is 318 g/mol. The van der Waals surface area contributed by atoms with Gasteiger partial charge in [-0.15, -0.1) is 11.3 Å². The summed E-state index contributed by atoms with van der Waals surface area (Å²) in [6, 6.07) is 3.01. The van der Waals surface area contributed by atoms with E-state index in [9.17, 15) is 9.59 Å². The number of hydrogen-bond acceptors (Lipinski definition) is 6. The zero-order valence-electron chi connectivity index (χ0n) is 12.4. The molecule has 2 aromatic rings. The molecule has 2 heterocycles. The molecular weight excluding hydrogens is 300 g/mol. The molecule has 22 heavy (non-hydrogen) atoms. The molecule has 0 radical (unpaired) electrons. The number of carbonyl (C=O) groups is 2. The SMILES string of the molecule is Cc1ccnc2cc(C(=O)CC[C@@H](N)C(=O)OC3CC3)sc12. The Bertz CT molecular complexity index is 721. The average Bonchev–Trinajstić information content (AvgIpc) is 3.19. The highest BCUT2D eigenvalue weighted by Crippen LogP contribution is 2.28. The second-order valence-corrected chi connectivity index (χ2v) is 6.71. The Kier molecular flexibility index (Phi) is 4.22. The number of carbonyl (C=O) groups excluding carboxylic acids is 2. The summed E-state index contributed by atoms with van der Waals surface area (Å²) in [4.78, 5) is 28.9. The number of ketones is 1. The van der Waals surface area contributed by atoms with Gasteiger partial charge in [-0.05, 0) is 43.9 Å². The molecule has 0 unspecified atom stereocenters. The molecule has 0 amide bonds. The minimum Gasteiger partial charge on any atom is -0.461 e. The zero-order valence-corrected chi connectivity index (χ0v) is 13.2. The van der Waals surface area contributed by atoms with E-state index in [0.717, 1.165) is 28.6 Å². The summed E-state index contributed by atoms with van der Waals surface area (Å²) in [5, 5.41) is 0. The summed E-state index contributed by atoms with van der Waals surface area (Å²) in [6.45, 7) is 2.00. The highest BCUT2D eigenvalue weighted by Gasteiger charge is 2.28. The molecular formula is C16H18N2O3S. The Morgan fingerprint density at radius 3 is 2.95 bits per heavy atom. The molecule has 116 valence electrons. The number of thiophene rings is 1. The molecule has 1 aliphatic carbocycles. The van der Waals surface area contributed by atoms with E-state index in [2.05, 4.69) is 4.98 Å². The summed E-state index contributed by atoms with van der Waals surface area (Å²) in [7, 11) is 0. The number of aryl methyl sites for hydroxylation is 1. The maximum Gasteiger partial charge on any atom is 0.323 e. The summed E-state index contributed by atoms with van der Waals surface area (Å²) in [6.07, 6.45) is 4.18. The van der Waals surface area contributed by atoms with Crippen molar-refractivity contribution in [1.29, 1.82) is 0 Å². The van der Waals surface area contributed by atoms with Crippen LogP contribution in [0.25, 0.3) is 10.2 Å². The van der Waals surface area contributed by atoms with Gasteiger partial charge in [-0.25, -0.2) is 0 Å². The molecule has 0 aliphatic heterocycles. The van der Waals surface area contributed by atoms with Gasteiger partial charge in [0.25, 0.3) is 0 Å². The first-order chi connectivity index (χ1) is 10.5. The highest BCUT2D eigenvalue weighted by molar-refractivity contribution is 7.21. The normalized spacial score (nSPS) is 15.7.